The number of carbonyl (C=O) groups is 1. The molecule has 0 unspecified atom stereocenters. The van der Waals surface area contributed by atoms with E-state index in [1.54, 1.807) is 0 Å². The first kappa shape index (κ1) is 24.8. The van der Waals surface area contributed by atoms with Gasteiger partial charge in [0.1, 0.15) is 29.8 Å². The molecule has 3 aromatic rings. The molecular weight excluding hydrogens is 454 g/mol. The number of aromatic hydroxyl groups is 2. The molecule has 1 heterocycles. The lowest BCUT2D eigenvalue weighted by atomic mass is 9.99. The smallest absolute Gasteiger partial charge is 0.342 e. The van der Waals surface area contributed by atoms with Crippen LogP contribution in [0.2, 0.25) is 0 Å². The van der Waals surface area contributed by atoms with E-state index in [1.807, 2.05) is 78.9 Å². The molecule has 36 heavy (non-hydrogen) atoms. The molecule has 0 aliphatic carbocycles. The van der Waals surface area contributed by atoms with Gasteiger partial charge < -0.3 is 19.8 Å². The maximum atomic E-state index is 13.3. The van der Waals surface area contributed by atoms with Crippen molar-refractivity contribution < 1.29 is 24.6 Å². The number of oxime groups is 1. The number of fused-ring (bicyclic) bond motifs is 1. The Morgan fingerprint density at radius 1 is 0.917 bits per heavy atom. The maximum absolute atomic E-state index is 13.3. The second kappa shape index (κ2) is 12.4. The molecule has 1 aliphatic heterocycles. The highest BCUT2D eigenvalue weighted by Gasteiger charge is 2.24. The molecule has 0 bridgehead atoms. The van der Waals surface area contributed by atoms with E-state index >= 15 is 0 Å². The van der Waals surface area contributed by atoms with E-state index in [4.69, 9.17) is 9.57 Å². The van der Waals surface area contributed by atoms with E-state index in [2.05, 4.69) is 11.2 Å². The highest BCUT2D eigenvalue weighted by Crippen LogP contribution is 2.32. The topological polar surface area (TPSA) is 88.4 Å². The van der Waals surface area contributed by atoms with E-state index in [-0.39, 0.29) is 23.5 Å². The predicted octanol–water partition coefficient (Wildman–Crippen LogP) is 6.41. The predicted molar refractivity (Wildman–Crippen MR) is 139 cm³/mol. The Bertz CT molecular complexity index is 1250. The second-order valence-corrected chi connectivity index (χ2v) is 8.51. The van der Waals surface area contributed by atoms with Gasteiger partial charge in [-0.2, -0.15) is 0 Å². The molecule has 6 nitrogen and oxygen atoms in total. The zero-order valence-electron chi connectivity index (χ0n) is 19.9. The van der Waals surface area contributed by atoms with Gasteiger partial charge in [-0.15, -0.1) is 0 Å². The first-order chi connectivity index (χ1) is 17.6. The zero-order chi connectivity index (χ0) is 25.2. The fourth-order valence-corrected chi connectivity index (χ4v) is 3.98. The lowest BCUT2D eigenvalue weighted by Crippen LogP contribution is -2.15. The lowest BCUT2D eigenvalue weighted by molar-refractivity contribution is 0.0299. The summed E-state index contributed by atoms with van der Waals surface area (Å²) in [5.74, 6) is -1.18. The molecule has 0 amide bonds. The van der Waals surface area contributed by atoms with Crippen molar-refractivity contribution in [1.29, 1.82) is 0 Å². The number of esters is 1. The minimum atomic E-state index is -0.671. The summed E-state index contributed by atoms with van der Waals surface area (Å²) in [6.45, 7) is 0.292. The quantitative estimate of drug-likeness (QED) is 0.254. The van der Waals surface area contributed by atoms with E-state index < -0.39 is 12.1 Å². The number of hydrogen-bond acceptors (Lipinski definition) is 6. The number of hydrogen-bond donors (Lipinski definition) is 2. The summed E-state index contributed by atoms with van der Waals surface area (Å²) in [6.07, 6.45) is 9.66. The van der Waals surface area contributed by atoms with Crippen molar-refractivity contribution in [3.05, 3.63) is 119 Å². The first-order valence-electron chi connectivity index (χ1n) is 11.9. The fraction of sp³-hybridized carbons (Fsp3) is 0.200. The van der Waals surface area contributed by atoms with Gasteiger partial charge in [0.05, 0.1) is 5.71 Å². The van der Waals surface area contributed by atoms with Gasteiger partial charge in [-0.1, -0.05) is 84.0 Å². The average molecular weight is 484 g/mol. The Balaban J connectivity index is 1.66. The monoisotopic (exact) mass is 483 g/mol. The van der Waals surface area contributed by atoms with Gasteiger partial charge >= 0.3 is 5.97 Å². The van der Waals surface area contributed by atoms with Crippen LogP contribution >= 0.6 is 0 Å². The highest BCUT2D eigenvalue weighted by molar-refractivity contribution is 6.00. The Labute approximate surface area is 210 Å². The standard InChI is InChI=1S/C30H29NO5/c32-26-19-24-18-25(31-35-21-22-12-6-4-7-13-22)16-10-2-1-3-11-17-28(23-14-8-5-9-15-23)36-30(34)29(24)27(33)20-26/h3-16,19-20,28,32-33H,1-2,17-18,21H2/b11-3+,16-10+,31-25+/t28-/m0/s1. The van der Waals surface area contributed by atoms with E-state index in [0.29, 0.717) is 24.3 Å². The Kier molecular flexibility index (Phi) is 8.54. The average Bonchev–Trinajstić information content (AvgIpc) is 2.87. The van der Waals surface area contributed by atoms with Crippen molar-refractivity contribution in [3.63, 3.8) is 0 Å². The van der Waals surface area contributed by atoms with Crippen LogP contribution in [0.4, 0.5) is 0 Å². The van der Waals surface area contributed by atoms with Crippen molar-refractivity contribution in [2.24, 2.45) is 5.16 Å². The molecule has 0 fully saturated rings. The van der Waals surface area contributed by atoms with Crippen LogP contribution in [0.3, 0.4) is 0 Å². The van der Waals surface area contributed by atoms with Crippen molar-refractivity contribution in [2.45, 2.75) is 38.4 Å². The fourth-order valence-electron chi connectivity index (χ4n) is 3.98. The van der Waals surface area contributed by atoms with Gasteiger partial charge in [-0.25, -0.2) is 4.79 Å². The molecule has 6 heteroatoms. The molecular formula is C30H29NO5. The molecule has 4 rings (SSSR count). The van der Waals surface area contributed by atoms with Crippen LogP contribution in [0.15, 0.2) is 102 Å². The van der Waals surface area contributed by atoms with Crippen LogP contribution in [0.1, 0.15) is 52.4 Å². The summed E-state index contributed by atoms with van der Waals surface area (Å²) >= 11 is 0. The Morgan fingerprint density at radius 3 is 2.42 bits per heavy atom. The van der Waals surface area contributed by atoms with E-state index in [1.165, 1.54) is 6.07 Å². The molecule has 0 radical (unpaired) electrons. The minimum absolute atomic E-state index is 0.000991. The summed E-state index contributed by atoms with van der Waals surface area (Å²) in [5, 5.41) is 25.1. The highest BCUT2D eigenvalue weighted by atomic mass is 16.6. The third-order valence-electron chi connectivity index (χ3n) is 5.76. The lowest BCUT2D eigenvalue weighted by Gasteiger charge is -2.19. The largest absolute Gasteiger partial charge is 0.508 e. The number of rotatable bonds is 4. The summed E-state index contributed by atoms with van der Waals surface area (Å²) < 4.78 is 5.88. The van der Waals surface area contributed by atoms with Gasteiger partial charge in [0, 0.05) is 18.9 Å². The third-order valence-corrected chi connectivity index (χ3v) is 5.76. The molecule has 0 saturated carbocycles. The number of phenolic OH excluding ortho intramolecular Hbond substituents is 2. The van der Waals surface area contributed by atoms with Crippen LogP contribution in [-0.4, -0.2) is 21.9 Å². The van der Waals surface area contributed by atoms with Crippen molar-refractivity contribution >= 4 is 11.7 Å². The number of allylic oxidation sites excluding steroid dienone is 3. The Hall–Kier alpha value is -4.32. The number of phenols is 2. The molecule has 0 aromatic heterocycles. The number of carbonyl (C=O) groups excluding carboxylic acids is 1. The molecule has 1 aliphatic rings. The van der Waals surface area contributed by atoms with Gasteiger partial charge in [0.25, 0.3) is 0 Å². The summed E-state index contributed by atoms with van der Waals surface area (Å²) in [6, 6.07) is 21.8. The van der Waals surface area contributed by atoms with Crippen LogP contribution in [0, 0.1) is 0 Å². The van der Waals surface area contributed by atoms with Crippen LogP contribution in [0.5, 0.6) is 11.5 Å². The van der Waals surface area contributed by atoms with Gasteiger partial charge in [0.2, 0.25) is 0 Å². The third kappa shape index (κ3) is 6.85. The number of cyclic esters (lactones) is 1. The molecule has 0 spiro atoms. The summed E-state index contributed by atoms with van der Waals surface area (Å²) in [7, 11) is 0. The second-order valence-electron chi connectivity index (χ2n) is 8.51. The van der Waals surface area contributed by atoms with Crippen LogP contribution in [-0.2, 0) is 22.6 Å². The van der Waals surface area contributed by atoms with Gasteiger partial charge in [-0.3, -0.25) is 0 Å². The van der Waals surface area contributed by atoms with Gasteiger partial charge in [0.15, 0.2) is 0 Å². The molecule has 0 saturated heterocycles. The normalized spacial score (nSPS) is 19.5. The molecule has 184 valence electrons. The van der Waals surface area contributed by atoms with Crippen molar-refractivity contribution in [1.82, 2.24) is 0 Å². The van der Waals surface area contributed by atoms with Crippen molar-refractivity contribution in [3.8, 4) is 11.5 Å². The molecule has 2 N–H and O–H groups in total. The number of benzene rings is 3. The summed E-state index contributed by atoms with van der Waals surface area (Å²) in [4.78, 5) is 18.9. The first-order valence-corrected chi connectivity index (χ1v) is 11.9. The van der Waals surface area contributed by atoms with Crippen LogP contribution < -0.4 is 0 Å². The zero-order valence-corrected chi connectivity index (χ0v) is 19.9. The summed E-state index contributed by atoms with van der Waals surface area (Å²) in [5.41, 5.74) is 2.77. The maximum Gasteiger partial charge on any atom is 0.342 e. The van der Waals surface area contributed by atoms with Crippen LogP contribution in [0.25, 0.3) is 0 Å². The van der Waals surface area contributed by atoms with Crippen molar-refractivity contribution in [2.75, 3.05) is 0 Å². The Morgan fingerprint density at radius 2 is 1.64 bits per heavy atom. The number of nitrogens with zero attached hydrogens (tertiary/aromatic N) is 1. The van der Waals surface area contributed by atoms with Gasteiger partial charge in [-0.05, 0) is 41.7 Å². The number of ether oxygens (including phenoxy) is 1. The minimum Gasteiger partial charge on any atom is -0.508 e. The van der Waals surface area contributed by atoms with E-state index in [0.717, 1.165) is 30.0 Å². The van der Waals surface area contributed by atoms with E-state index in [9.17, 15) is 15.0 Å². The SMILES string of the molecule is O=C1O[C@H](c2ccccc2)C/C=C/CC/C=C/C(=N\OCc2ccccc2)Cc2cc(O)cc(O)c21. The molecule has 3 aromatic carbocycles. The molecule has 1 atom stereocenters.